The number of carbonyl (C=O) groups is 1. The maximum Gasteiger partial charge on any atom is 0.165 e. The average Bonchev–Trinajstić information content (AvgIpc) is 2.66. The molecule has 146 valence electrons. The summed E-state index contributed by atoms with van der Waals surface area (Å²) in [6, 6.07) is 8.25. The number of hydrogen-bond donors (Lipinski definition) is 1. The zero-order valence-corrected chi connectivity index (χ0v) is 17.3. The molecule has 1 N–H and O–H groups in total. The highest BCUT2D eigenvalue weighted by Gasteiger charge is 2.25. The van der Waals surface area contributed by atoms with Crippen LogP contribution in [-0.2, 0) is 6.42 Å². The Balaban J connectivity index is 1.81. The molecule has 3 nitrogen and oxygen atoms in total. The van der Waals surface area contributed by atoms with E-state index in [-0.39, 0.29) is 5.92 Å². The molecule has 1 fully saturated rings. The van der Waals surface area contributed by atoms with Crippen LogP contribution in [0.25, 0.3) is 10.9 Å². The molecule has 27 heavy (non-hydrogen) atoms. The fourth-order valence-electron chi connectivity index (χ4n) is 4.03. The predicted molar refractivity (Wildman–Crippen MR) is 115 cm³/mol. The fraction of sp³-hybridized carbons (Fsp3) is 0.583. The molecule has 0 radical (unpaired) electrons. The third-order valence-corrected chi connectivity index (χ3v) is 5.96. The normalized spacial score (nSPS) is 20.2. The van der Waals surface area contributed by atoms with Crippen LogP contribution in [0.5, 0.6) is 0 Å². The van der Waals surface area contributed by atoms with Crippen molar-refractivity contribution < 1.29 is 4.79 Å². The van der Waals surface area contributed by atoms with Gasteiger partial charge in [-0.15, -0.1) is 0 Å². The van der Waals surface area contributed by atoms with Gasteiger partial charge in [-0.2, -0.15) is 0 Å². The van der Waals surface area contributed by atoms with Crippen LogP contribution in [0.15, 0.2) is 24.3 Å². The summed E-state index contributed by atoms with van der Waals surface area (Å²) in [5.74, 6) is 2.96. The van der Waals surface area contributed by atoms with Crippen LogP contribution in [-0.4, -0.2) is 17.3 Å². The molecule has 1 aliphatic carbocycles. The summed E-state index contributed by atoms with van der Waals surface area (Å²) in [7, 11) is 0. The second-order valence-electron chi connectivity index (χ2n) is 8.69. The van der Waals surface area contributed by atoms with Gasteiger partial charge in [0.25, 0.3) is 0 Å². The zero-order chi connectivity index (χ0) is 19.4. The van der Waals surface area contributed by atoms with E-state index in [1.807, 2.05) is 12.1 Å². The van der Waals surface area contributed by atoms with Crippen molar-refractivity contribution in [1.29, 1.82) is 0 Å². The van der Waals surface area contributed by atoms with E-state index in [1.165, 1.54) is 18.4 Å². The molecule has 1 aromatic heterocycles. The van der Waals surface area contributed by atoms with E-state index in [4.69, 9.17) is 4.98 Å². The maximum atomic E-state index is 12.9. The van der Waals surface area contributed by atoms with Crippen LogP contribution < -0.4 is 5.32 Å². The summed E-state index contributed by atoms with van der Waals surface area (Å²) in [5.41, 5.74) is 3.04. The van der Waals surface area contributed by atoms with Crippen molar-refractivity contribution in [2.75, 3.05) is 11.9 Å². The highest BCUT2D eigenvalue weighted by molar-refractivity contribution is 6.01. The largest absolute Gasteiger partial charge is 0.370 e. The molecule has 1 aromatic carbocycles. The summed E-state index contributed by atoms with van der Waals surface area (Å²) in [5, 5.41) is 4.58. The molecule has 0 amide bonds. The Kier molecular flexibility index (Phi) is 6.51. The third-order valence-electron chi connectivity index (χ3n) is 5.96. The summed E-state index contributed by atoms with van der Waals surface area (Å²) in [6.45, 7) is 9.87. The van der Waals surface area contributed by atoms with E-state index >= 15 is 0 Å². The molecule has 3 heteroatoms. The number of nitrogens with one attached hydrogen (secondary N) is 1. The van der Waals surface area contributed by atoms with Crippen molar-refractivity contribution in [3.8, 4) is 0 Å². The molecule has 0 spiro atoms. The molecule has 1 saturated carbocycles. The lowest BCUT2D eigenvalue weighted by atomic mass is 9.79. The van der Waals surface area contributed by atoms with Gasteiger partial charge < -0.3 is 5.32 Å². The van der Waals surface area contributed by atoms with Crippen LogP contribution in [0, 0.1) is 17.8 Å². The van der Waals surface area contributed by atoms with Crippen molar-refractivity contribution in [1.82, 2.24) is 4.98 Å². The van der Waals surface area contributed by atoms with Gasteiger partial charge in [0, 0.05) is 23.4 Å². The summed E-state index contributed by atoms with van der Waals surface area (Å²) in [6.07, 6.45) is 6.50. The van der Waals surface area contributed by atoms with E-state index in [2.05, 4.69) is 45.1 Å². The fourth-order valence-corrected chi connectivity index (χ4v) is 4.03. The lowest BCUT2D eigenvalue weighted by molar-refractivity contribution is 0.0876. The van der Waals surface area contributed by atoms with E-state index < -0.39 is 0 Å². The average molecular weight is 367 g/mol. The van der Waals surface area contributed by atoms with E-state index in [0.717, 1.165) is 60.4 Å². The highest BCUT2D eigenvalue weighted by Crippen LogP contribution is 2.31. The first kappa shape index (κ1) is 19.9. The number of aromatic nitrogens is 1. The molecule has 3 rings (SSSR count). The number of rotatable bonds is 7. The lowest BCUT2D eigenvalue weighted by Crippen LogP contribution is -2.21. The molecule has 1 aliphatic rings. The molecule has 1 heterocycles. The molecule has 2 aromatic rings. The van der Waals surface area contributed by atoms with Crippen LogP contribution in [0.1, 0.15) is 75.7 Å². The zero-order valence-electron chi connectivity index (χ0n) is 17.3. The van der Waals surface area contributed by atoms with Gasteiger partial charge >= 0.3 is 0 Å². The highest BCUT2D eigenvalue weighted by atomic mass is 16.1. The summed E-state index contributed by atoms with van der Waals surface area (Å²) in [4.78, 5) is 17.8. The minimum Gasteiger partial charge on any atom is -0.370 e. The Morgan fingerprint density at radius 3 is 2.59 bits per heavy atom. The molecular weight excluding hydrogens is 332 g/mol. The van der Waals surface area contributed by atoms with Gasteiger partial charge in [-0.3, -0.25) is 4.79 Å². The molecule has 0 bridgehead atoms. The van der Waals surface area contributed by atoms with Crippen LogP contribution in [0.3, 0.4) is 0 Å². The van der Waals surface area contributed by atoms with E-state index in [0.29, 0.717) is 11.7 Å². The van der Waals surface area contributed by atoms with Crippen molar-refractivity contribution >= 4 is 22.5 Å². The number of aryl methyl sites for hydroxylation is 1. The number of Topliss-reactive ketones (excluding diaryl/α,β-unsaturated/α-hetero) is 1. The minimum atomic E-state index is 0.203. The van der Waals surface area contributed by atoms with Crippen molar-refractivity contribution in [3.05, 3.63) is 35.4 Å². The second kappa shape index (κ2) is 8.86. The Morgan fingerprint density at radius 2 is 1.93 bits per heavy atom. The smallest absolute Gasteiger partial charge is 0.165 e. The minimum absolute atomic E-state index is 0.203. The number of anilines is 1. The Bertz CT molecular complexity index is 788. The quantitative estimate of drug-likeness (QED) is 0.588. The second-order valence-corrected chi connectivity index (χ2v) is 8.69. The van der Waals surface area contributed by atoms with E-state index in [1.54, 1.807) is 0 Å². The Morgan fingerprint density at radius 1 is 1.19 bits per heavy atom. The first-order valence-corrected chi connectivity index (χ1v) is 10.7. The number of pyridine rings is 1. The van der Waals surface area contributed by atoms with Gasteiger partial charge in [-0.05, 0) is 67.3 Å². The maximum absolute atomic E-state index is 12.9. The Labute approximate surface area is 164 Å². The monoisotopic (exact) mass is 366 g/mol. The number of hydrogen-bond acceptors (Lipinski definition) is 3. The third kappa shape index (κ3) is 4.88. The van der Waals surface area contributed by atoms with Gasteiger partial charge in [0.15, 0.2) is 5.78 Å². The number of benzene rings is 1. The molecule has 0 saturated heterocycles. The van der Waals surface area contributed by atoms with Gasteiger partial charge in [0.1, 0.15) is 5.82 Å². The van der Waals surface area contributed by atoms with Gasteiger partial charge in [0.05, 0.1) is 5.52 Å². The van der Waals surface area contributed by atoms with Gasteiger partial charge in [0.2, 0.25) is 0 Å². The number of ketones is 1. The molecule has 0 unspecified atom stereocenters. The number of fused-ring (bicyclic) bond motifs is 1. The topological polar surface area (TPSA) is 42.0 Å². The predicted octanol–water partition coefficient (Wildman–Crippen LogP) is 6.26. The van der Waals surface area contributed by atoms with Gasteiger partial charge in [-0.25, -0.2) is 4.98 Å². The van der Waals surface area contributed by atoms with Crippen molar-refractivity contribution in [3.63, 3.8) is 0 Å². The SMILES string of the molecule is CCc1cc2cc(C(=O)C3CCC(C)CC3)ccc2nc1NCCC(C)C. The summed E-state index contributed by atoms with van der Waals surface area (Å²) < 4.78 is 0. The van der Waals surface area contributed by atoms with Crippen molar-refractivity contribution in [2.24, 2.45) is 17.8 Å². The van der Waals surface area contributed by atoms with Crippen LogP contribution in [0.2, 0.25) is 0 Å². The first-order chi connectivity index (χ1) is 13.0. The first-order valence-electron chi connectivity index (χ1n) is 10.7. The standard InChI is InChI=1S/C24H34N2O/c1-5-18-14-21-15-20(23(27)19-8-6-17(4)7-9-19)10-11-22(21)26-24(18)25-13-12-16(2)3/h10-11,14-17,19H,5-9,12-13H2,1-4H3,(H,25,26). The number of nitrogens with zero attached hydrogens (tertiary/aromatic N) is 1. The lowest BCUT2D eigenvalue weighted by Gasteiger charge is -2.25. The molecule has 0 aliphatic heterocycles. The number of carbonyl (C=O) groups excluding carboxylic acids is 1. The van der Waals surface area contributed by atoms with Crippen molar-refractivity contribution in [2.45, 2.75) is 66.2 Å². The van der Waals surface area contributed by atoms with E-state index in [9.17, 15) is 4.79 Å². The molecular formula is C24H34N2O. The summed E-state index contributed by atoms with van der Waals surface area (Å²) >= 11 is 0. The molecule has 0 atom stereocenters. The van der Waals surface area contributed by atoms with Crippen LogP contribution >= 0.6 is 0 Å². The Hall–Kier alpha value is -1.90. The van der Waals surface area contributed by atoms with Gasteiger partial charge in [-0.1, -0.05) is 40.5 Å². The van der Waals surface area contributed by atoms with Crippen LogP contribution in [0.4, 0.5) is 5.82 Å².